The summed E-state index contributed by atoms with van der Waals surface area (Å²) >= 11 is 9.03. The predicted molar refractivity (Wildman–Crippen MR) is 162 cm³/mol. The molecular formula is C31H30Br2O4S. The number of furan rings is 1. The molecule has 7 heteroatoms. The third kappa shape index (κ3) is 6.93. The maximum Gasteiger partial charge on any atom is 0.307 e. The van der Waals surface area contributed by atoms with Crippen LogP contribution in [0.15, 0.2) is 80.3 Å². The topological polar surface area (TPSA) is 59.7 Å². The lowest BCUT2D eigenvalue weighted by atomic mass is 9.92. The van der Waals surface area contributed by atoms with Crippen LogP contribution in [0.1, 0.15) is 64.2 Å². The Morgan fingerprint density at radius 2 is 1.74 bits per heavy atom. The Kier molecular flexibility index (Phi) is 9.45. The van der Waals surface area contributed by atoms with Crippen LogP contribution in [-0.4, -0.2) is 11.1 Å². The molecule has 1 heterocycles. The van der Waals surface area contributed by atoms with Crippen LogP contribution in [0.25, 0.3) is 0 Å². The second-order valence-electron chi connectivity index (χ2n) is 9.65. The summed E-state index contributed by atoms with van der Waals surface area (Å²) in [5, 5.41) is 9.23. The normalized spacial score (nSPS) is 12.1. The van der Waals surface area contributed by atoms with Crippen LogP contribution in [0.5, 0.6) is 11.5 Å². The lowest BCUT2D eigenvalue weighted by Gasteiger charge is -2.24. The zero-order valence-corrected chi connectivity index (χ0v) is 25.7. The van der Waals surface area contributed by atoms with Crippen molar-refractivity contribution in [2.75, 3.05) is 0 Å². The summed E-state index contributed by atoms with van der Waals surface area (Å²) in [5.74, 6) is 2.46. The fourth-order valence-corrected chi connectivity index (χ4v) is 7.14. The summed E-state index contributed by atoms with van der Waals surface area (Å²) in [7, 11) is 0. The van der Waals surface area contributed by atoms with Crippen LogP contribution in [0.4, 0.5) is 0 Å². The van der Waals surface area contributed by atoms with Crippen LogP contribution in [0, 0.1) is 13.8 Å². The molecule has 0 aliphatic rings. The molecule has 0 aliphatic carbocycles. The van der Waals surface area contributed by atoms with Crippen LogP contribution in [-0.2, 0) is 17.0 Å². The van der Waals surface area contributed by atoms with E-state index in [1.54, 1.807) is 30.2 Å². The number of benzene rings is 3. The highest BCUT2D eigenvalue weighted by Crippen LogP contribution is 2.47. The van der Waals surface area contributed by atoms with Gasteiger partial charge in [-0.25, -0.2) is 0 Å². The van der Waals surface area contributed by atoms with Crippen molar-refractivity contribution in [3.05, 3.63) is 115 Å². The molecule has 0 amide bonds. The average Bonchev–Trinajstić information content (AvgIpc) is 3.36. The number of carboxylic acids is 1. The highest BCUT2D eigenvalue weighted by Gasteiger charge is 2.24. The van der Waals surface area contributed by atoms with Gasteiger partial charge in [-0.2, -0.15) is 0 Å². The first-order chi connectivity index (χ1) is 18.1. The highest BCUT2D eigenvalue weighted by molar-refractivity contribution is 9.11. The van der Waals surface area contributed by atoms with E-state index in [-0.39, 0.29) is 11.7 Å². The van der Waals surface area contributed by atoms with Crippen molar-refractivity contribution in [3.63, 3.8) is 0 Å². The van der Waals surface area contributed by atoms with Gasteiger partial charge in [0.05, 0.1) is 32.6 Å². The van der Waals surface area contributed by atoms with E-state index in [1.807, 2.05) is 12.1 Å². The minimum Gasteiger partial charge on any atom is -0.481 e. The van der Waals surface area contributed by atoms with Gasteiger partial charge in [-0.05, 0) is 104 Å². The number of carbonyl (C=O) groups is 1. The summed E-state index contributed by atoms with van der Waals surface area (Å²) in [4.78, 5) is 11.3. The van der Waals surface area contributed by atoms with E-state index < -0.39 is 5.97 Å². The Bertz CT molecular complexity index is 1410. The molecule has 0 saturated heterocycles. The summed E-state index contributed by atoms with van der Waals surface area (Å²) in [5.41, 5.74) is 6.58. The lowest BCUT2D eigenvalue weighted by Crippen LogP contribution is -2.05. The zero-order chi connectivity index (χ0) is 27.4. The van der Waals surface area contributed by atoms with Gasteiger partial charge in [0.15, 0.2) is 5.75 Å². The van der Waals surface area contributed by atoms with E-state index in [2.05, 4.69) is 96.0 Å². The molecule has 0 aliphatic heterocycles. The Morgan fingerprint density at radius 1 is 1.00 bits per heavy atom. The van der Waals surface area contributed by atoms with Crippen molar-refractivity contribution >= 4 is 49.6 Å². The van der Waals surface area contributed by atoms with Gasteiger partial charge in [-0.3, -0.25) is 4.79 Å². The van der Waals surface area contributed by atoms with Crippen molar-refractivity contribution in [2.24, 2.45) is 0 Å². The third-order valence-corrected chi connectivity index (χ3v) is 8.73. The number of rotatable bonds is 10. The molecule has 1 aromatic heterocycles. The van der Waals surface area contributed by atoms with Crippen LogP contribution < -0.4 is 4.74 Å². The van der Waals surface area contributed by atoms with Gasteiger partial charge in [0.1, 0.15) is 11.5 Å². The second kappa shape index (κ2) is 12.6. The standard InChI is InChI=1S/C31H30Br2O4S/c1-18(2)24-16-28(37-30-26(32)13-21(14-27(30)33)15-29(34)35)25(12-20(24)4)31(22-8-5-7-19(3)11-22)38-17-23-9-6-10-36-23/h5-14,16,18,31H,15,17H2,1-4H3,(H,34,35). The monoisotopic (exact) mass is 656 g/mol. The first-order valence-electron chi connectivity index (χ1n) is 12.3. The molecule has 4 aromatic rings. The molecule has 1 unspecified atom stereocenters. The molecule has 0 bridgehead atoms. The van der Waals surface area contributed by atoms with E-state index in [0.717, 1.165) is 17.1 Å². The summed E-state index contributed by atoms with van der Waals surface area (Å²) in [6, 6.07) is 20.5. The van der Waals surface area contributed by atoms with Gasteiger partial charge < -0.3 is 14.3 Å². The maximum atomic E-state index is 11.3. The number of carboxylic acid groups (broad SMARTS) is 1. The van der Waals surface area contributed by atoms with Gasteiger partial charge in [-0.1, -0.05) is 49.7 Å². The molecule has 38 heavy (non-hydrogen) atoms. The number of aryl methyl sites for hydroxylation is 2. The number of ether oxygens (including phenoxy) is 1. The molecule has 0 spiro atoms. The fourth-order valence-electron chi connectivity index (χ4n) is 4.50. The van der Waals surface area contributed by atoms with E-state index in [4.69, 9.17) is 9.15 Å². The maximum absolute atomic E-state index is 11.3. The molecule has 0 saturated carbocycles. The molecule has 198 valence electrons. The summed E-state index contributed by atoms with van der Waals surface area (Å²) in [6.07, 6.45) is 1.64. The molecule has 3 aromatic carbocycles. The fraction of sp³-hybridized carbons (Fsp3) is 0.258. The molecule has 0 radical (unpaired) electrons. The van der Waals surface area contributed by atoms with Crippen LogP contribution in [0.2, 0.25) is 0 Å². The summed E-state index contributed by atoms with van der Waals surface area (Å²) < 4.78 is 13.7. The Labute approximate surface area is 245 Å². The predicted octanol–water partition coefficient (Wildman–Crippen LogP) is 9.99. The number of aliphatic carboxylic acids is 1. The zero-order valence-electron chi connectivity index (χ0n) is 21.8. The third-order valence-electron chi connectivity index (χ3n) is 6.25. The van der Waals surface area contributed by atoms with E-state index in [0.29, 0.717) is 31.9 Å². The van der Waals surface area contributed by atoms with Crippen molar-refractivity contribution in [1.29, 1.82) is 0 Å². The van der Waals surface area contributed by atoms with E-state index in [1.165, 1.54) is 22.3 Å². The van der Waals surface area contributed by atoms with Gasteiger partial charge in [0.2, 0.25) is 0 Å². The molecule has 0 fully saturated rings. The van der Waals surface area contributed by atoms with E-state index in [9.17, 15) is 9.90 Å². The lowest BCUT2D eigenvalue weighted by molar-refractivity contribution is -0.136. The molecule has 1 N–H and O–H groups in total. The smallest absolute Gasteiger partial charge is 0.307 e. The van der Waals surface area contributed by atoms with Gasteiger partial charge >= 0.3 is 5.97 Å². The SMILES string of the molecule is Cc1cccc(C(SCc2ccco2)c2cc(C)c(C(C)C)cc2Oc2c(Br)cc(CC(=O)O)cc2Br)c1. The number of halogens is 2. The minimum absolute atomic E-state index is 0.00116. The first-order valence-corrected chi connectivity index (χ1v) is 15.0. The highest BCUT2D eigenvalue weighted by atomic mass is 79.9. The largest absolute Gasteiger partial charge is 0.481 e. The van der Waals surface area contributed by atoms with Crippen LogP contribution >= 0.6 is 43.6 Å². The second-order valence-corrected chi connectivity index (χ2v) is 12.4. The average molecular weight is 658 g/mol. The molecule has 1 atom stereocenters. The van der Waals surface area contributed by atoms with Crippen molar-refractivity contribution in [3.8, 4) is 11.5 Å². The Hall–Kier alpha value is -2.48. The quantitative estimate of drug-likeness (QED) is 0.184. The minimum atomic E-state index is -0.880. The van der Waals surface area contributed by atoms with Crippen molar-refractivity contribution in [2.45, 2.75) is 51.0 Å². The number of hydrogen-bond donors (Lipinski definition) is 1. The van der Waals surface area contributed by atoms with Gasteiger partial charge in [-0.15, -0.1) is 11.8 Å². The Morgan fingerprint density at radius 3 is 2.34 bits per heavy atom. The van der Waals surface area contributed by atoms with E-state index >= 15 is 0 Å². The number of thioether (sulfide) groups is 1. The van der Waals surface area contributed by atoms with Crippen LogP contribution in [0.3, 0.4) is 0 Å². The van der Waals surface area contributed by atoms with Crippen molar-refractivity contribution < 1.29 is 19.1 Å². The Balaban J connectivity index is 1.83. The number of hydrogen-bond acceptors (Lipinski definition) is 4. The molecule has 4 rings (SSSR count). The van der Waals surface area contributed by atoms with Gasteiger partial charge in [0, 0.05) is 5.56 Å². The summed E-state index contributed by atoms with van der Waals surface area (Å²) in [6.45, 7) is 8.62. The first kappa shape index (κ1) is 28.5. The molecule has 4 nitrogen and oxygen atoms in total. The molecular weight excluding hydrogens is 628 g/mol. The van der Waals surface area contributed by atoms with Crippen molar-refractivity contribution in [1.82, 2.24) is 0 Å². The van der Waals surface area contributed by atoms with Gasteiger partial charge in [0.25, 0.3) is 0 Å².